The number of pyridine rings is 1. The van der Waals surface area contributed by atoms with Crippen LogP contribution in [0.15, 0.2) is 42.7 Å². The van der Waals surface area contributed by atoms with Crippen LogP contribution in [0.5, 0.6) is 17.2 Å². The van der Waals surface area contributed by atoms with Crippen LogP contribution in [0.4, 0.5) is 0 Å². The number of piperidine rings is 1. The molecular weight excluding hydrogens is 410 g/mol. The van der Waals surface area contributed by atoms with Crippen molar-refractivity contribution in [3.63, 3.8) is 0 Å². The van der Waals surface area contributed by atoms with Gasteiger partial charge in [0.1, 0.15) is 18.5 Å². The quantitative estimate of drug-likeness (QED) is 0.402. The zero-order valence-electron chi connectivity index (χ0n) is 18.8. The summed E-state index contributed by atoms with van der Waals surface area (Å²) in [5, 5.41) is 23.3. The minimum Gasteiger partial charge on any atom is -0.493 e. The average molecular weight is 446 g/mol. The van der Waals surface area contributed by atoms with Crippen LogP contribution >= 0.6 is 0 Å². The van der Waals surface area contributed by atoms with Crippen LogP contribution in [0.3, 0.4) is 0 Å². The van der Waals surface area contributed by atoms with Gasteiger partial charge in [-0.25, -0.2) is 0 Å². The molecule has 1 aliphatic rings. The molecule has 0 unspecified atom stereocenters. The fraction of sp³-hybridized carbons (Fsp3) is 0.542. The van der Waals surface area contributed by atoms with Gasteiger partial charge < -0.3 is 34.6 Å². The van der Waals surface area contributed by atoms with Gasteiger partial charge in [0, 0.05) is 32.4 Å². The fourth-order valence-electron chi connectivity index (χ4n) is 3.63. The maximum atomic E-state index is 10.3. The molecule has 0 spiro atoms. The molecule has 2 aromatic rings. The summed E-state index contributed by atoms with van der Waals surface area (Å²) in [6.45, 7) is 4.53. The van der Waals surface area contributed by atoms with Crippen molar-refractivity contribution in [2.75, 3.05) is 46.5 Å². The molecule has 1 aromatic heterocycles. The summed E-state index contributed by atoms with van der Waals surface area (Å²) in [4.78, 5) is 6.19. The number of hydrogen-bond donors (Lipinski definition) is 3. The summed E-state index contributed by atoms with van der Waals surface area (Å²) in [5.41, 5.74) is 1.09. The lowest BCUT2D eigenvalue weighted by molar-refractivity contribution is 0.0333. The average Bonchev–Trinajstić information content (AvgIpc) is 2.82. The van der Waals surface area contributed by atoms with Crippen LogP contribution in [0.25, 0.3) is 0 Å². The second-order valence-corrected chi connectivity index (χ2v) is 8.05. The molecule has 1 aliphatic heterocycles. The van der Waals surface area contributed by atoms with E-state index >= 15 is 0 Å². The van der Waals surface area contributed by atoms with Crippen molar-refractivity contribution < 1.29 is 24.4 Å². The maximum Gasteiger partial charge on any atom is 0.161 e. The number of aliphatic hydroxyl groups is 2. The van der Waals surface area contributed by atoms with Crippen molar-refractivity contribution in [2.45, 2.75) is 38.0 Å². The minimum atomic E-state index is -0.592. The smallest absolute Gasteiger partial charge is 0.161 e. The van der Waals surface area contributed by atoms with Crippen molar-refractivity contribution in [2.24, 2.45) is 0 Å². The Labute approximate surface area is 190 Å². The Hall–Kier alpha value is -2.39. The molecule has 1 atom stereocenters. The highest BCUT2D eigenvalue weighted by molar-refractivity contribution is 5.43. The predicted octanol–water partition coefficient (Wildman–Crippen LogP) is 1.85. The number of methoxy groups -OCH3 is 1. The Bertz CT molecular complexity index is 784. The van der Waals surface area contributed by atoms with E-state index in [0.29, 0.717) is 31.2 Å². The second kappa shape index (κ2) is 13.2. The minimum absolute atomic E-state index is 0.198. The SMILES string of the molecule is COc1cc(CNCCCOc2cccnc2)ccc1OC[C@@H](O)CN1CCC(O)CC1. The maximum absolute atomic E-state index is 10.3. The van der Waals surface area contributed by atoms with E-state index in [1.54, 1.807) is 19.5 Å². The van der Waals surface area contributed by atoms with E-state index in [1.165, 1.54) is 0 Å². The number of nitrogens with one attached hydrogen (secondary N) is 1. The third-order valence-corrected chi connectivity index (χ3v) is 5.42. The van der Waals surface area contributed by atoms with Gasteiger partial charge in [-0.1, -0.05) is 6.07 Å². The summed E-state index contributed by atoms with van der Waals surface area (Å²) < 4.78 is 16.9. The first-order valence-corrected chi connectivity index (χ1v) is 11.3. The van der Waals surface area contributed by atoms with Crippen LogP contribution in [0.1, 0.15) is 24.8 Å². The molecule has 1 fully saturated rings. The van der Waals surface area contributed by atoms with Crippen molar-refractivity contribution >= 4 is 0 Å². The molecule has 0 saturated carbocycles. The van der Waals surface area contributed by atoms with Crippen LogP contribution in [0, 0.1) is 0 Å². The molecule has 2 heterocycles. The third kappa shape index (κ3) is 8.27. The van der Waals surface area contributed by atoms with Crippen molar-refractivity contribution in [3.8, 4) is 17.2 Å². The molecule has 0 bridgehead atoms. The van der Waals surface area contributed by atoms with Gasteiger partial charge in [-0.05, 0) is 55.6 Å². The summed E-state index contributed by atoms with van der Waals surface area (Å²) in [6, 6.07) is 9.58. The molecule has 0 aliphatic carbocycles. The molecule has 3 N–H and O–H groups in total. The van der Waals surface area contributed by atoms with E-state index in [4.69, 9.17) is 14.2 Å². The van der Waals surface area contributed by atoms with Gasteiger partial charge in [-0.2, -0.15) is 0 Å². The number of ether oxygens (including phenoxy) is 3. The van der Waals surface area contributed by atoms with Gasteiger partial charge in [0.25, 0.3) is 0 Å². The van der Waals surface area contributed by atoms with Gasteiger partial charge in [0.15, 0.2) is 11.5 Å². The standard InChI is InChI=1S/C24H35N3O5/c1-30-24-14-19(15-25-10-3-13-31-22-4-2-9-26-16-22)5-6-23(24)32-18-21(29)17-27-11-7-20(28)8-12-27/h2,4-6,9,14,16,20-21,25,28-29H,3,7-8,10-13,15,17-18H2,1H3/t21-/m0/s1. The highest BCUT2D eigenvalue weighted by atomic mass is 16.5. The molecule has 32 heavy (non-hydrogen) atoms. The molecule has 176 valence electrons. The van der Waals surface area contributed by atoms with Crippen LogP contribution in [0.2, 0.25) is 0 Å². The lowest BCUT2D eigenvalue weighted by Crippen LogP contribution is -2.41. The summed E-state index contributed by atoms with van der Waals surface area (Å²) in [7, 11) is 1.62. The van der Waals surface area contributed by atoms with Crippen molar-refractivity contribution in [1.82, 2.24) is 15.2 Å². The number of hydrogen-bond acceptors (Lipinski definition) is 8. The first-order chi connectivity index (χ1) is 15.6. The molecule has 1 aromatic carbocycles. The Morgan fingerprint density at radius 1 is 1.19 bits per heavy atom. The zero-order chi connectivity index (χ0) is 22.6. The molecule has 3 rings (SSSR count). The number of benzene rings is 1. The molecule has 0 radical (unpaired) electrons. The predicted molar refractivity (Wildman–Crippen MR) is 122 cm³/mol. The van der Waals surface area contributed by atoms with Gasteiger partial charge in [-0.15, -0.1) is 0 Å². The molecule has 1 saturated heterocycles. The summed E-state index contributed by atoms with van der Waals surface area (Å²) >= 11 is 0. The first-order valence-electron chi connectivity index (χ1n) is 11.3. The van der Waals surface area contributed by atoms with Crippen LogP contribution in [-0.2, 0) is 6.54 Å². The Morgan fingerprint density at radius 3 is 2.78 bits per heavy atom. The Balaban J connectivity index is 1.35. The number of β-amino-alcohol motifs (C(OH)–C–C–N with tert-alkyl or cyclic N) is 1. The van der Waals surface area contributed by atoms with Crippen LogP contribution < -0.4 is 19.5 Å². The number of aliphatic hydroxyl groups excluding tert-OH is 2. The fourth-order valence-corrected chi connectivity index (χ4v) is 3.63. The van der Waals surface area contributed by atoms with Gasteiger partial charge in [-0.3, -0.25) is 4.98 Å². The number of rotatable bonds is 13. The Morgan fingerprint density at radius 2 is 2.03 bits per heavy atom. The highest BCUT2D eigenvalue weighted by Crippen LogP contribution is 2.28. The molecular formula is C24H35N3O5. The number of aromatic nitrogens is 1. The van der Waals surface area contributed by atoms with E-state index in [2.05, 4.69) is 15.2 Å². The molecule has 0 amide bonds. The highest BCUT2D eigenvalue weighted by Gasteiger charge is 2.20. The second-order valence-electron chi connectivity index (χ2n) is 8.05. The van der Waals surface area contributed by atoms with E-state index in [1.807, 2.05) is 30.3 Å². The normalized spacial score (nSPS) is 16.0. The Kier molecular flexibility index (Phi) is 10.0. The van der Waals surface area contributed by atoms with Gasteiger partial charge >= 0.3 is 0 Å². The molecule has 8 heteroatoms. The topological polar surface area (TPSA) is 96.3 Å². The lowest BCUT2D eigenvalue weighted by Gasteiger charge is -2.30. The third-order valence-electron chi connectivity index (χ3n) is 5.42. The van der Waals surface area contributed by atoms with E-state index in [0.717, 1.165) is 50.2 Å². The largest absolute Gasteiger partial charge is 0.493 e. The lowest BCUT2D eigenvalue weighted by atomic mass is 10.1. The molecule has 8 nitrogen and oxygen atoms in total. The number of nitrogens with zero attached hydrogens (tertiary/aromatic N) is 2. The summed E-state index contributed by atoms with van der Waals surface area (Å²) in [5.74, 6) is 2.06. The monoisotopic (exact) mass is 445 g/mol. The van der Waals surface area contributed by atoms with E-state index in [9.17, 15) is 10.2 Å². The van der Waals surface area contributed by atoms with Gasteiger partial charge in [0.05, 0.1) is 26.0 Å². The zero-order valence-corrected chi connectivity index (χ0v) is 18.8. The van der Waals surface area contributed by atoms with Crippen molar-refractivity contribution in [1.29, 1.82) is 0 Å². The van der Waals surface area contributed by atoms with Gasteiger partial charge in [0.2, 0.25) is 0 Å². The summed E-state index contributed by atoms with van der Waals surface area (Å²) in [6.07, 6.45) is 5.04. The van der Waals surface area contributed by atoms with E-state index < -0.39 is 6.10 Å². The van der Waals surface area contributed by atoms with E-state index in [-0.39, 0.29) is 12.7 Å². The van der Waals surface area contributed by atoms with Crippen molar-refractivity contribution in [3.05, 3.63) is 48.3 Å². The first kappa shape index (κ1) is 24.3. The van der Waals surface area contributed by atoms with Crippen LogP contribution in [-0.4, -0.2) is 78.8 Å². The number of likely N-dealkylation sites (tertiary alicyclic amines) is 1.